The zero-order chi connectivity index (χ0) is 13.5. The van der Waals surface area contributed by atoms with Crippen molar-refractivity contribution in [2.45, 2.75) is 12.5 Å². The van der Waals surface area contributed by atoms with Gasteiger partial charge in [-0.05, 0) is 12.0 Å². The van der Waals surface area contributed by atoms with Crippen LogP contribution in [0.25, 0.3) is 0 Å². The third-order valence-corrected chi connectivity index (χ3v) is 5.24. The Morgan fingerprint density at radius 3 is 2.53 bits per heavy atom. The number of hydrogen-bond acceptors (Lipinski definition) is 3. The van der Waals surface area contributed by atoms with Crippen LogP contribution in [0, 0.1) is 0 Å². The summed E-state index contributed by atoms with van der Waals surface area (Å²) in [5.41, 5.74) is 1.31. The molecular formula is C13H19Cl2N2OP. The molecule has 0 bridgehead atoms. The Kier molecular flexibility index (Phi) is 6.86. The smallest absolute Gasteiger partial charge is 0.185 e. The first-order chi connectivity index (χ1) is 9.35. The van der Waals surface area contributed by atoms with Crippen LogP contribution in [0.15, 0.2) is 30.3 Å². The molecule has 19 heavy (non-hydrogen) atoms. The Morgan fingerprint density at radius 1 is 1.21 bits per heavy atom. The van der Waals surface area contributed by atoms with Crippen LogP contribution in [-0.4, -0.2) is 36.1 Å². The molecule has 0 aliphatic carbocycles. The van der Waals surface area contributed by atoms with E-state index in [0.717, 1.165) is 26.1 Å². The summed E-state index contributed by atoms with van der Waals surface area (Å²) in [5.74, 6) is 1.19. The van der Waals surface area contributed by atoms with Crippen LogP contribution in [0.1, 0.15) is 18.0 Å². The number of benzene rings is 1. The lowest BCUT2D eigenvalue weighted by atomic mass is 10.1. The Hall–Kier alpha value is 0.110. The van der Waals surface area contributed by atoms with E-state index >= 15 is 0 Å². The molecule has 2 atom stereocenters. The van der Waals surface area contributed by atoms with E-state index in [4.69, 9.17) is 27.7 Å². The Balaban J connectivity index is 1.99. The van der Waals surface area contributed by atoms with Crippen LogP contribution >= 0.6 is 31.7 Å². The Bertz CT molecular complexity index is 363. The van der Waals surface area contributed by atoms with Gasteiger partial charge in [-0.1, -0.05) is 30.3 Å². The lowest BCUT2D eigenvalue weighted by molar-refractivity contribution is 0.252. The van der Waals surface area contributed by atoms with Gasteiger partial charge in [0.25, 0.3) is 0 Å². The van der Waals surface area contributed by atoms with Crippen molar-refractivity contribution < 1.29 is 4.52 Å². The fourth-order valence-electron chi connectivity index (χ4n) is 2.07. The fraction of sp³-hybridized carbons (Fsp3) is 0.538. The summed E-state index contributed by atoms with van der Waals surface area (Å²) < 4.78 is 8.07. The molecule has 1 aliphatic heterocycles. The number of halogens is 2. The van der Waals surface area contributed by atoms with Crippen molar-refractivity contribution in [1.29, 1.82) is 0 Å². The van der Waals surface area contributed by atoms with E-state index in [1.54, 1.807) is 0 Å². The van der Waals surface area contributed by atoms with Gasteiger partial charge in [0.05, 0.1) is 6.61 Å². The topological polar surface area (TPSA) is 24.5 Å². The maximum Gasteiger partial charge on any atom is 0.185 e. The fourth-order valence-corrected chi connectivity index (χ4v) is 4.50. The largest absolute Gasteiger partial charge is 0.331 e. The first-order valence-corrected chi connectivity index (χ1v) is 8.74. The van der Waals surface area contributed by atoms with Gasteiger partial charge >= 0.3 is 0 Å². The van der Waals surface area contributed by atoms with E-state index in [1.807, 2.05) is 6.07 Å². The molecule has 0 spiro atoms. The minimum absolute atomic E-state index is 0.356. The number of rotatable bonds is 6. The van der Waals surface area contributed by atoms with Gasteiger partial charge in [-0.2, -0.15) is 0 Å². The first-order valence-electron chi connectivity index (χ1n) is 6.46. The van der Waals surface area contributed by atoms with Gasteiger partial charge in [-0.25, -0.2) is 4.67 Å². The highest BCUT2D eigenvalue weighted by Crippen LogP contribution is 2.44. The average molecular weight is 321 g/mol. The standard InChI is InChI=1S/C13H19Cl2N2OP/c14-7-9-17(10-8-15)19-16-13(6-11-18-19)12-4-2-1-3-5-12/h1-5,13,16H,6-11H2. The van der Waals surface area contributed by atoms with Crippen molar-refractivity contribution in [3.63, 3.8) is 0 Å². The zero-order valence-corrected chi connectivity index (χ0v) is 13.2. The molecule has 1 aromatic rings. The van der Waals surface area contributed by atoms with Crippen LogP contribution in [0.2, 0.25) is 0 Å². The van der Waals surface area contributed by atoms with Gasteiger partial charge in [-0.3, -0.25) is 5.09 Å². The third-order valence-electron chi connectivity index (χ3n) is 3.03. The highest BCUT2D eigenvalue weighted by molar-refractivity contribution is 7.47. The number of hydrogen-bond donors (Lipinski definition) is 1. The zero-order valence-electron chi connectivity index (χ0n) is 10.8. The summed E-state index contributed by atoms with van der Waals surface area (Å²) >= 11 is 11.7. The maximum atomic E-state index is 5.86. The number of nitrogens with one attached hydrogen (secondary N) is 1. The van der Waals surface area contributed by atoms with E-state index in [0.29, 0.717) is 17.8 Å². The Morgan fingerprint density at radius 2 is 1.89 bits per heavy atom. The van der Waals surface area contributed by atoms with Gasteiger partial charge in [0.15, 0.2) is 8.45 Å². The van der Waals surface area contributed by atoms with Crippen molar-refractivity contribution in [3.8, 4) is 0 Å². The highest BCUT2D eigenvalue weighted by Gasteiger charge is 2.27. The van der Waals surface area contributed by atoms with Gasteiger partial charge in [0, 0.05) is 30.9 Å². The van der Waals surface area contributed by atoms with Crippen LogP contribution in [0.4, 0.5) is 0 Å². The van der Waals surface area contributed by atoms with Crippen LogP contribution in [-0.2, 0) is 4.52 Å². The summed E-state index contributed by atoms with van der Waals surface area (Å²) in [5, 5.41) is 3.59. The van der Waals surface area contributed by atoms with Gasteiger partial charge in [0.1, 0.15) is 0 Å². The number of nitrogens with zero attached hydrogens (tertiary/aromatic N) is 1. The van der Waals surface area contributed by atoms with Crippen molar-refractivity contribution >= 4 is 31.7 Å². The molecule has 0 aromatic heterocycles. The molecule has 1 saturated heterocycles. The highest BCUT2D eigenvalue weighted by atomic mass is 35.5. The van der Waals surface area contributed by atoms with E-state index in [1.165, 1.54) is 5.56 Å². The molecule has 0 amide bonds. The molecule has 1 heterocycles. The van der Waals surface area contributed by atoms with Crippen LogP contribution in [0.3, 0.4) is 0 Å². The van der Waals surface area contributed by atoms with Crippen molar-refractivity contribution in [3.05, 3.63) is 35.9 Å². The van der Waals surface area contributed by atoms with Crippen molar-refractivity contribution in [2.24, 2.45) is 0 Å². The van der Waals surface area contributed by atoms with E-state index < -0.39 is 8.45 Å². The van der Waals surface area contributed by atoms with Gasteiger partial charge in [-0.15, -0.1) is 23.2 Å². The quantitative estimate of drug-likeness (QED) is 0.638. The van der Waals surface area contributed by atoms with E-state index in [-0.39, 0.29) is 0 Å². The Labute approximate surface area is 126 Å². The predicted molar refractivity (Wildman–Crippen MR) is 82.8 cm³/mol. The van der Waals surface area contributed by atoms with Crippen molar-refractivity contribution in [1.82, 2.24) is 9.76 Å². The minimum Gasteiger partial charge on any atom is -0.331 e. The lowest BCUT2D eigenvalue weighted by Crippen LogP contribution is -2.34. The second-order valence-corrected chi connectivity index (χ2v) is 6.70. The molecule has 1 fully saturated rings. The van der Waals surface area contributed by atoms with Gasteiger partial charge < -0.3 is 4.52 Å². The molecule has 1 aromatic carbocycles. The molecule has 0 radical (unpaired) electrons. The second kappa shape index (κ2) is 8.41. The molecule has 2 rings (SSSR count). The third kappa shape index (κ3) is 4.56. The van der Waals surface area contributed by atoms with Crippen LogP contribution < -0.4 is 5.09 Å². The molecule has 1 aliphatic rings. The predicted octanol–water partition coefficient (Wildman–Crippen LogP) is 3.74. The summed E-state index contributed by atoms with van der Waals surface area (Å²) in [6.07, 6.45) is 0.998. The van der Waals surface area contributed by atoms with Crippen LogP contribution in [0.5, 0.6) is 0 Å². The van der Waals surface area contributed by atoms with Crippen molar-refractivity contribution in [2.75, 3.05) is 31.5 Å². The molecule has 2 unspecified atom stereocenters. The van der Waals surface area contributed by atoms with E-state index in [2.05, 4.69) is 34.0 Å². The maximum absolute atomic E-state index is 5.86. The second-order valence-electron chi connectivity index (χ2n) is 4.32. The molecular weight excluding hydrogens is 302 g/mol. The normalized spacial score (nSPS) is 23.7. The summed E-state index contributed by atoms with van der Waals surface area (Å²) in [7, 11) is -0.795. The van der Waals surface area contributed by atoms with E-state index in [9.17, 15) is 0 Å². The van der Waals surface area contributed by atoms with Gasteiger partial charge in [0.2, 0.25) is 0 Å². The molecule has 6 heteroatoms. The average Bonchev–Trinajstić information content (AvgIpc) is 2.48. The SMILES string of the molecule is ClCCN(CCCl)P1NC(c2ccccc2)CCO1. The molecule has 106 valence electrons. The summed E-state index contributed by atoms with van der Waals surface area (Å²) in [6, 6.07) is 10.9. The lowest BCUT2D eigenvalue weighted by Gasteiger charge is -2.37. The molecule has 3 nitrogen and oxygen atoms in total. The molecule has 1 N–H and O–H groups in total. The minimum atomic E-state index is -0.795. The molecule has 0 saturated carbocycles. The summed E-state index contributed by atoms with van der Waals surface area (Å²) in [6.45, 7) is 2.38. The monoisotopic (exact) mass is 320 g/mol. The summed E-state index contributed by atoms with van der Waals surface area (Å²) in [4.78, 5) is 0. The first kappa shape index (κ1) is 15.5. The number of alkyl halides is 2.